The van der Waals surface area contributed by atoms with Gasteiger partial charge < -0.3 is 16.2 Å². The Hall–Kier alpha value is -2.20. The number of ether oxygens (including phenoxy) is 1. The van der Waals surface area contributed by atoms with Gasteiger partial charge in [0, 0.05) is 5.75 Å². The van der Waals surface area contributed by atoms with Crippen LogP contribution in [0.3, 0.4) is 0 Å². The lowest BCUT2D eigenvalue weighted by Gasteiger charge is -2.05. The van der Waals surface area contributed by atoms with E-state index in [9.17, 15) is 0 Å². The normalized spacial score (nSPS) is 9.33. The van der Waals surface area contributed by atoms with Crippen LogP contribution in [-0.4, -0.2) is 18.2 Å². The molecule has 0 amide bonds. The number of aliphatic imine (C=N–C) groups is 1. The number of methoxy groups -OCH3 is 1. The predicted molar refractivity (Wildman–Crippen MR) is 72.5 cm³/mol. The molecule has 1 aromatic carbocycles. The zero-order chi connectivity index (χ0) is 13.5. The first-order valence-corrected chi connectivity index (χ1v) is 5.93. The lowest BCUT2D eigenvalue weighted by Crippen LogP contribution is -2.23. The van der Waals surface area contributed by atoms with Crippen molar-refractivity contribution in [2.24, 2.45) is 16.5 Å². The van der Waals surface area contributed by atoms with Crippen molar-refractivity contribution in [1.82, 2.24) is 0 Å². The summed E-state index contributed by atoms with van der Waals surface area (Å²) in [6.07, 6.45) is 0. The van der Waals surface area contributed by atoms with E-state index >= 15 is 0 Å². The first-order valence-electron chi connectivity index (χ1n) is 4.94. The van der Waals surface area contributed by atoms with E-state index in [-0.39, 0.29) is 11.1 Å². The molecular formula is C11H13N5OS. The first-order chi connectivity index (χ1) is 8.56. The number of rotatable bonds is 3. The number of hydrogen-bond donors (Lipinski definition) is 3. The Labute approximate surface area is 109 Å². The number of nitriles is 1. The molecule has 0 aliphatic carbocycles. The highest BCUT2D eigenvalue weighted by Crippen LogP contribution is 2.22. The van der Waals surface area contributed by atoms with Gasteiger partial charge in [0.25, 0.3) is 0 Å². The van der Waals surface area contributed by atoms with E-state index in [0.717, 1.165) is 5.56 Å². The van der Waals surface area contributed by atoms with E-state index in [2.05, 4.69) is 11.1 Å². The smallest absolute Gasteiger partial charge is 0.193 e. The van der Waals surface area contributed by atoms with Gasteiger partial charge >= 0.3 is 0 Å². The molecule has 0 radical (unpaired) electrons. The first kappa shape index (κ1) is 13.9. The highest BCUT2D eigenvalue weighted by molar-refractivity contribution is 8.13. The van der Waals surface area contributed by atoms with Crippen molar-refractivity contribution in [2.45, 2.75) is 5.75 Å². The van der Waals surface area contributed by atoms with Crippen molar-refractivity contribution in [1.29, 1.82) is 10.7 Å². The van der Waals surface area contributed by atoms with Crippen LogP contribution in [0.5, 0.6) is 5.75 Å². The maximum absolute atomic E-state index is 8.94. The van der Waals surface area contributed by atoms with E-state index in [1.165, 1.54) is 18.9 Å². The van der Waals surface area contributed by atoms with Crippen molar-refractivity contribution in [3.63, 3.8) is 0 Å². The molecule has 0 aromatic heterocycles. The molecule has 5 N–H and O–H groups in total. The molecule has 0 bridgehead atoms. The summed E-state index contributed by atoms with van der Waals surface area (Å²) in [4.78, 5) is 3.60. The van der Waals surface area contributed by atoms with E-state index in [4.69, 9.17) is 26.9 Å². The summed E-state index contributed by atoms with van der Waals surface area (Å²) < 4.78 is 5.04. The number of amidine groups is 1. The average Bonchev–Trinajstić information content (AvgIpc) is 2.35. The Bertz CT molecular complexity index is 517. The number of thioether (sulfide) groups is 1. The lowest BCUT2D eigenvalue weighted by molar-refractivity contribution is 0.413. The Morgan fingerprint density at radius 2 is 2.28 bits per heavy atom. The molecule has 0 heterocycles. The number of nitrogens with zero attached hydrogens (tertiary/aromatic N) is 2. The van der Waals surface area contributed by atoms with Gasteiger partial charge in [-0.15, -0.1) is 0 Å². The molecule has 0 unspecified atom stereocenters. The number of benzene rings is 1. The Morgan fingerprint density at radius 1 is 1.56 bits per heavy atom. The maximum Gasteiger partial charge on any atom is 0.193 e. The molecule has 0 fully saturated rings. The zero-order valence-electron chi connectivity index (χ0n) is 9.80. The Balaban J connectivity index is 2.72. The molecule has 1 aromatic rings. The third-order valence-electron chi connectivity index (χ3n) is 1.99. The van der Waals surface area contributed by atoms with Crippen LogP contribution in [0.4, 0.5) is 0 Å². The topological polar surface area (TPSA) is 121 Å². The molecular weight excluding hydrogens is 250 g/mol. The zero-order valence-corrected chi connectivity index (χ0v) is 10.6. The van der Waals surface area contributed by atoms with Gasteiger partial charge in [-0.3, -0.25) is 5.41 Å². The Kier molecular flexibility index (Phi) is 5.02. The standard InChI is InChI=1S/C11H13N5OS/c1-17-9-3-2-7(4-8(9)5-12)6-18-11(15)16-10(13)14/h2-4H,6H2,1H3,(H5,13,14,15,16). The largest absolute Gasteiger partial charge is 0.495 e. The monoisotopic (exact) mass is 263 g/mol. The van der Waals surface area contributed by atoms with E-state index < -0.39 is 0 Å². The molecule has 0 spiro atoms. The minimum atomic E-state index is -0.139. The van der Waals surface area contributed by atoms with Crippen LogP contribution in [0.1, 0.15) is 11.1 Å². The van der Waals surface area contributed by atoms with Gasteiger partial charge in [0.05, 0.1) is 12.7 Å². The fourth-order valence-corrected chi connectivity index (χ4v) is 1.89. The van der Waals surface area contributed by atoms with Crippen LogP contribution in [0, 0.1) is 16.7 Å². The molecule has 0 aliphatic rings. The second kappa shape index (κ2) is 6.51. The van der Waals surface area contributed by atoms with E-state index in [0.29, 0.717) is 17.1 Å². The van der Waals surface area contributed by atoms with E-state index in [1.54, 1.807) is 12.1 Å². The van der Waals surface area contributed by atoms with Crippen molar-refractivity contribution in [3.8, 4) is 11.8 Å². The fraction of sp³-hybridized carbons (Fsp3) is 0.182. The molecule has 6 nitrogen and oxygen atoms in total. The van der Waals surface area contributed by atoms with Crippen LogP contribution in [0.15, 0.2) is 23.2 Å². The summed E-state index contributed by atoms with van der Waals surface area (Å²) >= 11 is 1.18. The molecule has 0 aliphatic heterocycles. The van der Waals surface area contributed by atoms with Crippen molar-refractivity contribution >= 4 is 22.9 Å². The highest BCUT2D eigenvalue weighted by Gasteiger charge is 2.05. The Morgan fingerprint density at radius 3 is 2.83 bits per heavy atom. The molecule has 94 valence electrons. The minimum Gasteiger partial charge on any atom is -0.495 e. The fourth-order valence-electron chi connectivity index (χ4n) is 1.23. The van der Waals surface area contributed by atoms with Gasteiger partial charge in [-0.25, -0.2) is 0 Å². The molecule has 18 heavy (non-hydrogen) atoms. The van der Waals surface area contributed by atoms with Crippen LogP contribution in [0.25, 0.3) is 0 Å². The summed E-state index contributed by atoms with van der Waals surface area (Å²) in [5.41, 5.74) is 11.7. The molecule has 0 atom stereocenters. The average molecular weight is 263 g/mol. The lowest BCUT2D eigenvalue weighted by atomic mass is 10.1. The summed E-state index contributed by atoms with van der Waals surface area (Å²) in [6, 6.07) is 7.32. The number of guanidine groups is 1. The second-order valence-electron chi connectivity index (χ2n) is 3.28. The minimum absolute atomic E-state index is 0.0318. The third kappa shape index (κ3) is 3.99. The second-order valence-corrected chi connectivity index (χ2v) is 4.24. The third-order valence-corrected chi connectivity index (χ3v) is 2.83. The van der Waals surface area contributed by atoms with Crippen LogP contribution < -0.4 is 16.2 Å². The van der Waals surface area contributed by atoms with E-state index in [1.807, 2.05) is 6.07 Å². The summed E-state index contributed by atoms with van der Waals surface area (Å²) in [5, 5.41) is 16.4. The summed E-state index contributed by atoms with van der Waals surface area (Å²) in [6.45, 7) is 0. The predicted octanol–water partition coefficient (Wildman–Crippen LogP) is 1.01. The van der Waals surface area contributed by atoms with Crippen LogP contribution >= 0.6 is 11.8 Å². The number of nitrogens with two attached hydrogens (primary N) is 2. The van der Waals surface area contributed by atoms with Gasteiger partial charge in [-0.1, -0.05) is 17.8 Å². The summed E-state index contributed by atoms with van der Waals surface area (Å²) in [7, 11) is 1.51. The number of hydrogen-bond acceptors (Lipinski definition) is 4. The van der Waals surface area contributed by atoms with Gasteiger partial charge in [0.15, 0.2) is 11.1 Å². The van der Waals surface area contributed by atoms with Crippen molar-refractivity contribution in [3.05, 3.63) is 29.3 Å². The summed E-state index contributed by atoms with van der Waals surface area (Å²) in [5.74, 6) is 0.902. The molecule has 7 heteroatoms. The SMILES string of the molecule is COc1ccc(CSC(=N)N=C(N)N)cc1C#N. The van der Waals surface area contributed by atoms with Crippen LogP contribution in [-0.2, 0) is 5.75 Å². The highest BCUT2D eigenvalue weighted by atomic mass is 32.2. The maximum atomic E-state index is 8.94. The van der Waals surface area contributed by atoms with Crippen LogP contribution in [0.2, 0.25) is 0 Å². The molecule has 1 rings (SSSR count). The number of nitrogens with one attached hydrogen (secondary N) is 1. The van der Waals surface area contributed by atoms with Gasteiger partial charge in [0.2, 0.25) is 0 Å². The molecule has 0 saturated heterocycles. The van der Waals surface area contributed by atoms with Crippen molar-refractivity contribution < 1.29 is 4.74 Å². The van der Waals surface area contributed by atoms with Gasteiger partial charge in [-0.05, 0) is 17.7 Å². The van der Waals surface area contributed by atoms with Crippen molar-refractivity contribution in [2.75, 3.05) is 7.11 Å². The van der Waals surface area contributed by atoms with Gasteiger partial charge in [0.1, 0.15) is 11.8 Å². The molecule has 0 saturated carbocycles. The quantitative estimate of drug-likeness (QED) is 0.555. The van der Waals surface area contributed by atoms with Gasteiger partial charge in [-0.2, -0.15) is 10.3 Å².